The first-order valence-electron chi connectivity index (χ1n) is 9.59. The van der Waals surface area contributed by atoms with Crippen molar-refractivity contribution in [3.05, 3.63) is 28.2 Å². The maximum absolute atomic E-state index is 14.7. The molecule has 1 amide bonds. The van der Waals surface area contributed by atoms with Crippen LogP contribution in [-0.4, -0.2) is 53.4 Å². The molecule has 0 fully saturated rings. The third-order valence-electron chi connectivity index (χ3n) is 4.19. The molecule has 1 aromatic rings. The number of nitrogens with zero attached hydrogens (tertiary/aromatic N) is 4. The first kappa shape index (κ1) is 24.5. The van der Waals surface area contributed by atoms with Gasteiger partial charge in [0, 0.05) is 20.1 Å². The first-order valence-corrected chi connectivity index (χ1v) is 11.7. The average Bonchev–Trinajstić information content (AvgIpc) is 2.62. The van der Waals surface area contributed by atoms with Crippen molar-refractivity contribution >= 4 is 38.6 Å². The fourth-order valence-corrected chi connectivity index (χ4v) is 4.22. The van der Waals surface area contributed by atoms with Gasteiger partial charge >= 0.3 is 6.09 Å². The van der Waals surface area contributed by atoms with Crippen LogP contribution < -0.4 is 5.32 Å². The van der Waals surface area contributed by atoms with Gasteiger partial charge in [0.2, 0.25) is 5.96 Å². The number of guanidine groups is 1. The number of nitrogens with one attached hydrogen (secondary N) is 1. The summed E-state index contributed by atoms with van der Waals surface area (Å²) in [5.74, 6) is -0.483. The number of alkyl carbamates (subject to hydrolysis) is 1. The quantitative estimate of drug-likeness (QED) is 0.461. The van der Waals surface area contributed by atoms with E-state index in [1.54, 1.807) is 39.6 Å². The molecule has 0 unspecified atom stereocenters. The molecule has 0 saturated carbocycles. The van der Waals surface area contributed by atoms with E-state index in [1.807, 2.05) is 0 Å². The highest BCUT2D eigenvalue weighted by Gasteiger charge is 2.31. The van der Waals surface area contributed by atoms with E-state index in [0.717, 1.165) is 12.8 Å². The number of amides is 1. The molecule has 0 aliphatic carbocycles. The van der Waals surface area contributed by atoms with Crippen LogP contribution in [0.4, 0.5) is 9.18 Å². The van der Waals surface area contributed by atoms with Gasteiger partial charge in [0.05, 0.1) is 5.54 Å². The Morgan fingerprint density at radius 3 is 2.73 bits per heavy atom. The third kappa shape index (κ3) is 7.19. The number of carbonyl (C=O) groups is 1. The number of aromatic nitrogens is 1. The van der Waals surface area contributed by atoms with Crippen molar-refractivity contribution in [2.45, 2.75) is 51.7 Å². The lowest BCUT2D eigenvalue weighted by atomic mass is 10.00. The van der Waals surface area contributed by atoms with Crippen molar-refractivity contribution in [2.24, 2.45) is 9.36 Å². The van der Waals surface area contributed by atoms with Crippen LogP contribution in [-0.2, 0) is 25.1 Å². The number of rotatable bonds is 1. The van der Waals surface area contributed by atoms with Crippen LogP contribution in [0.3, 0.4) is 0 Å². The number of hydrogen-bond donors (Lipinski definition) is 1. The van der Waals surface area contributed by atoms with E-state index in [-0.39, 0.29) is 17.4 Å². The van der Waals surface area contributed by atoms with Crippen LogP contribution >= 0.6 is 15.9 Å². The molecule has 8 nitrogen and oxygen atoms in total. The molecule has 0 saturated heterocycles. The molecule has 1 aliphatic heterocycles. The molecule has 0 bridgehead atoms. The summed E-state index contributed by atoms with van der Waals surface area (Å²) in [6.07, 6.45) is 0.807. The second-order valence-electron chi connectivity index (χ2n) is 8.25. The van der Waals surface area contributed by atoms with Crippen molar-refractivity contribution in [1.82, 2.24) is 15.2 Å². The maximum Gasteiger partial charge on any atom is 0.414 e. The van der Waals surface area contributed by atoms with Gasteiger partial charge in [0.25, 0.3) is 0 Å². The summed E-state index contributed by atoms with van der Waals surface area (Å²) in [6.45, 7) is 7.89. The zero-order valence-corrected chi connectivity index (χ0v) is 20.3. The van der Waals surface area contributed by atoms with Gasteiger partial charge < -0.3 is 18.2 Å². The Bertz CT molecular complexity index is 899. The number of hydrogen-bond acceptors (Lipinski definition) is 8. The molecule has 1 aromatic heterocycles. The molecule has 1 N–H and O–H groups in total. The van der Waals surface area contributed by atoms with Crippen LogP contribution in [0, 0.1) is 5.82 Å². The minimum atomic E-state index is -1.60. The van der Waals surface area contributed by atoms with Crippen molar-refractivity contribution < 1.29 is 18.1 Å². The summed E-state index contributed by atoms with van der Waals surface area (Å²) in [6, 6.07) is 2.74. The lowest BCUT2D eigenvalue weighted by Gasteiger charge is -2.31. The van der Waals surface area contributed by atoms with Gasteiger partial charge in [0.1, 0.15) is 21.7 Å². The SMILES string of the molecule is CN1CCCCN=[S-](=O)C[C@@](C)(c2nc(Br)ccc2F)N=C1NC(=O)OC(C)(C)C. The number of ether oxygens (including phenoxy) is 1. The van der Waals surface area contributed by atoms with Crippen LogP contribution in [0.2, 0.25) is 0 Å². The molecule has 30 heavy (non-hydrogen) atoms. The number of aliphatic imine (C=N–C) groups is 1. The van der Waals surface area contributed by atoms with Crippen LogP contribution in [0.25, 0.3) is 0 Å². The molecule has 1 atom stereocenters. The molecule has 0 radical (unpaired) electrons. The van der Waals surface area contributed by atoms with E-state index in [4.69, 9.17) is 4.74 Å². The minimum Gasteiger partial charge on any atom is -0.444 e. The lowest BCUT2D eigenvalue weighted by molar-refractivity contribution is 0.0556. The summed E-state index contributed by atoms with van der Waals surface area (Å²) in [7, 11) is 0.170. The zero-order chi connectivity index (χ0) is 22.5. The molecule has 1 aliphatic rings. The van der Waals surface area contributed by atoms with Gasteiger partial charge in [0.15, 0.2) is 0 Å². The normalized spacial score (nSPS) is 21.8. The largest absolute Gasteiger partial charge is 0.444 e. The monoisotopic (exact) mass is 504 g/mol. The highest BCUT2D eigenvalue weighted by molar-refractivity contribution is 9.10. The van der Waals surface area contributed by atoms with Crippen LogP contribution in [0.1, 0.15) is 46.2 Å². The number of halogens is 2. The Balaban J connectivity index is 2.57. The Morgan fingerprint density at radius 1 is 1.37 bits per heavy atom. The van der Waals surface area contributed by atoms with Gasteiger partial charge in [-0.3, -0.25) is 5.32 Å². The van der Waals surface area contributed by atoms with Crippen molar-refractivity contribution in [1.29, 1.82) is 0 Å². The van der Waals surface area contributed by atoms with Crippen molar-refractivity contribution in [3.63, 3.8) is 0 Å². The van der Waals surface area contributed by atoms with E-state index < -0.39 is 33.6 Å². The molecule has 2 rings (SSSR count). The topological polar surface area (TPSA) is 96.3 Å². The Morgan fingerprint density at radius 2 is 2.07 bits per heavy atom. The Hall–Kier alpha value is -1.75. The van der Waals surface area contributed by atoms with Gasteiger partial charge in [-0.1, -0.05) is 5.75 Å². The minimum absolute atomic E-state index is 0.0107. The summed E-state index contributed by atoms with van der Waals surface area (Å²) in [5, 5.41) is 2.66. The second-order valence-corrected chi connectivity index (χ2v) is 10.3. The van der Waals surface area contributed by atoms with Gasteiger partial charge in [-0.15, -0.1) is 0 Å². The first-order chi connectivity index (χ1) is 13.9. The third-order valence-corrected chi connectivity index (χ3v) is 5.91. The zero-order valence-electron chi connectivity index (χ0n) is 17.9. The summed E-state index contributed by atoms with van der Waals surface area (Å²) in [5.41, 5.74) is -2.03. The predicted molar refractivity (Wildman–Crippen MR) is 118 cm³/mol. The molecule has 0 spiro atoms. The molecule has 168 valence electrons. The lowest BCUT2D eigenvalue weighted by Crippen LogP contribution is -2.46. The fraction of sp³-hybridized carbons (Fsp3) is 0.632. The van der Waals surface area contributed by atoms with E-state index in [0.29, 0.717) is 17.7 Å². The van der Waals surface area contributed by atoms with Gasteiger partial charge in [-0.2, -0.15) is 10.6 Å². The van der Waals surface area contributed by atoms with E-state index in [1.165, 1.54) is 12.1 Å². The highest BCUT2D eigenvalue weighted by atomic mass is 79.9. The van der Waals surface area contributed by atoms with E-state index in [9.17, 15) is 13.4 Å². The van der Waals surface area contributed by atoms with Crippen molar-refractivity contribution in [2.75, 3.05) is 25.9 Å². The maximum atomic E-state index is 14.7. The molecular formula is C19H28BrFN5O3S-. The predicted octanol–water partition coefficient (Wildman–Crippen LogP) is 3.95. The number of carbonyl (C=O) groups excluding carboxylic acids is 1. The molecule has 0 aromatic carbocycles. The smallest absolute Gasteiger partial charge is 0.414 e. The number of pyridine rings is 1. The van der Waals surface area contributed by atoms with Gasteiger partial charge in [-0.05, 0) is 68.6 Å². The Kier molecular flexibility index (Phi) is 8.20. The van der Waals surface area contributed by atoms with Crippen LogP contribution in [0.5, 0.6) is 0 Å². The fourth-order valence-electron chi connectivity index (χ4n) is 2.81. The summed E-state index contributed by atoms with van der Waals surface area (Å²) < 4.78 is 37.2. The molecule has 2 heterocycles. The average molecular weight is 505 g/mol. The standard InChI is InChI=1S/C19H28BrFN5O3S/c1-18(2,3)29-17(27)24-16-25-19(4,15-13(21)8-9-14(20)23-15)12-30(28)22-10-6-7-11-26(16)5/h8-9H,6-7,10-12H2,1-5H3,(H,24,25,27)/q-1/t19-/m0/s1. The summed E-state index contributed by atoms with van der Waals surface area (Å²) >= 11 is 3.25. The summed E-state index contributed by atoms with van der Waals surface area (Å²) in [4.78, 5) is 23.1. The van der Waals surface area contributed by atoms with Gasteiger partial charge in [-0.25, -0.2) is 19.2 Å². The molecular weight excluding hydrogens is 477 g/mol. The highest BCUT2D eigenvalue weighted by Crippen LogP contribution is 2.29. The Labute approximate surface area is 187 Å². The van der Waals surface area contributed by atoms with E-state index >= 15 is 0 Å². The van der Waals surface area contributed by atoms with E-state index in [2.05, 4.69) is 35.6 Å². The van der Waals surface area contributed by atoms with Crippen LogP contribution in [0.15, 0.2) is 26.1 Å². The molecule has 11 heteroatoms. The van der Waals surface area contributed by atoms with Crippen molar-refractivity contribution in [3.8, 4) is 0 Å². The second kappa shape index (κ2) is 10.0.